The van der Waals surface area contributed by atoms with Gasteiger partial charge in [0, 0.05) is 19.1 Å². The van der Waals surface area contributed by atoms with Crippen LogP contribution in [0.3, 0.4) is 0 Å². The molecule has 2 heterocycles. The van der Waals surface area contributed by atoms with Crippen LogP contribution in [0, 0.1) is 11.8 Å². The lowest BCUT2D eigenvalue weighted by atomic mass is 9.88. The average Bonchev–Trinajstić information content (AvgIpc) is 3.21. The molecule has 3 fully saturated rings. The first-order valence-corrected chi connectivity index (χ1v) is 6.96. The second-order valence-corrected chi connectivity index (χ2v) is 5.85. The van der Waals surface area contributed by atoms with Crippen LogP contribution in [0.25, 0.3) is 0 Å². The van der Waals surface area contributed by atoms with Crippen LogP contribution >= 0.6 is 0 Å². The Labute approximate surface area is 103 Å². The normalized spacial score (nSPS) is 39.3. The Morgan fingerprint density at radius 1 is 1.06 bits per heavy atom. The Morgan fingerprint density at radius 3 is 2.71 bits per heavy atom. The van der Waals surface area contributed by atoms with Gasteiger partial charge in [-0.1, -0.05) is 24.3 Å². The van der Waals surface area contributed by atoms with Crippen molar-refractivity contribution in [1.82, 2.24) is 10.6 Å². The Hall–Kier alpha value is -0.860. The fourth-order valence-corrected chi connectivity index (χ4v) is 3.58. The zero-order valence-electron chi connectivity index (χ0n) is 10.2. The molecule has 17 heavy (non-hydrogen) atoms. The Kier molecular flexibility index (Phi) is 2.27. The molecule has 0 amide bonds. The van der Waals surface area contributed by atoms with Crippen molar-refractivity contribution in [2.45, 2.75) is 24.8 Å². The third-order valence-electron chi connectivity index (χ3n) is 4.73. The molecule has 0 aromatic heterocycles. The molecule has 0 bridgehead atoms. The van der Waals surface area contributed by atoms with E-state index in [1.54, 1.807) is 11.1 Å². The van der Waals surface area contributed by atoms with Gasteiger partial charge in [-0.25, -0.2) is 0 Å². The number of fused-ring (bicyclic) bond motifs is 1. The molecule has 0 radical (unpaired) electrons. The van der Waals surface area contributed by atoms with Crippen molar-refractivity contribution in [1.29, 1.82) is 0 Å². The molecule has 4 unspecified atom stereocenters. The standard InChI is InChI=1S/C15H20N2/c1-2-4-12(15-9-17-15)11(3-1)14-8-16-6-5-10-7-13(10)14/h1-4,10,13-17H,5-9H2. The molecule has 2 aliphatic heterocycles. The highest BCUT2D eigenvalue weighted by molar-refractivity contribution is 5.37. The number of benzene rings is 1. The monoisotopic (exact) mass is 228 g/mol. The van der Waals surface area contributed by atoms with Crippen molar-refractivity contribution < 1.29 is 0 Å². The first-order chi connectivity index (χ1) is 8.43. The van der Waals surface area contributed by atoms with Gasteiger partial charge in [0.25, 0.3) is 0 Å². The van der Waals surface area contributed by atoms with Gasteiger partial charge in [0.2, 0.25) is 0 Å². The summed E-state index contributed by atoms with van der Waals surface area (Å²) >= 11 is 0. The second-order valence-electron chi connectivity index (χ2n) is 5.85. The third kappa shape index (κ3) is 1.80. The molecular weight excluding hydrogens is 208 g/mol. The lowest BCUT2D eigenvalue weighted by Crippen LogP contribution is -2.22. The third-order valence-corrected chi connectivity index (χ3v) is 4.73. The minimum Gasteiger partial charge on any atom is -0.316 e. The van der Waals surface area contributed by atoms with Crippen LogP contribution in [0.5, 0.6) is 0 Å². The van der Waals surface area contributed by atoms with Crippen molar-refractivity contribution in [3.8, 4) is 0 Å². The molecule has 1 aromatic rings. The fourth-order valence-electron chi connectivity index (χ4n) is 3.58. The van der Waals surface area contributed by atoms with Gasteiger partial charge in [-0.05, 0) is 48.3 Å². The van der Waals surface area contributed by atoms with Crippen LogP contribution in [-0.4, -0.2) is 19.6 Å². The summed E-state index contributed by atoms with van der Waals surface area (Å²) in [6.07, 6.45) is 2.86. The molecule has 1 aromatic carbocycles. The van der Waals surface area contributed by atoms with Crippen LogP contribution < -0.4 is 10.6 Å². The molecule has 4 atom stereocenters. The number of rotatable bonds is 2. The summed E-state index contributed by atoms with van der Waals surface area (Å²) in [6.45, 7) is 3.58. The topological polar surface area (TPSA) is 34.0 Å². The predicted octanol–water partition coefficient (Wildman–Crippen LogP) is 2.04. The maximum atomic E-state index is 3.62. The number of nitrogens with one attached hydrogen (secondary N) is 2. The summed E-state index contributed by atoms with van der Waals surface area (Å²) in [6, 6.07) is 9.73. The van der Waals surface area contributed by atoms with E-state index >= 15 is 0 Å². The zero-order chi connectivity index (χ0) is 11.2. The summed E-state index contributed by atoms with van der Waals surface area (Å²) in [7, 11) is 0. The van der Waals surface area contributed by atoms with Gasteiger partial charge in [0.05, 0.1) is 0 Å². The minimum absolute atomic E-state index is 0.645. The molecule has 2 heteroatoms. The van der Waals surface area contributed by atoms with Crippen LogP contribution in [0.2, 0.25) is 0 Å². The van der Waals surface area contributed by atoms with Crippen LogP contribution in [0.4, 0.5) is 0 Å². The molecule has 1 saturated carbocycles. The molecular formula is C15H20N2. The van der Waals surface area contributed by atoms with E-state index in [4.69, 9.17) is 0 Å². The van der Waals surface area contributed by atoms with E-state index in [-0.39, 0.29) is 0 Å². The molecule has 3 aliphatic rings. The highest BCUT2D eigenvalue weighted by Gasteiger charge is 2.45. The van der Waals surface area contributed by atoms with Crippen LogP contribution in [-0.2, 0) is 0 Å². The molecule has 0 spiro atoms. The quantitative estimate of drug-likeness (QED) is 0.760. The van der Waals surface area contributed by atoms with Gasteiger partial charge in [-0.3, -0.25) is 0 Å². The maximum absolute atomic E-state index is 3.62. The van der Waals surface area contributed by atoms with Crippen molar-refractivity contribution >= 4 is 0 Å². The summed E-state index contributed by atoms with van der Waals surface area (Å²) in [5.74, 6) is 2.74. The Bertz CT molecular complexity index is 425. The van der Waals surface area contributed by atoms with Gasteiger partial charge >= 0.3 is 0 Å². The van der Waals surface area contributed by atoms with Crippen molar-refractivity contribution in [3.63, 3.8) is 0 Å². The van der Waals surface area contributed by atoms with Gasteiger partial charge in [-0.15, -0.1) is 0 Å². The van der Waals surface area contributed by atoms with E-state index in [1.807, 2.05) is 0 Å². The van der Waals surface area contributed by atoms with Crippen molar-refractivity contribution in [2.24, 2.45) is 11.8 Å². The second kappa shape index (κ2) is 3.82. The van der Waals surface area contributed by atoms with E-state index in [1.165, 1.54) is 32.5 Å². The zero-order valence-corrected chi connectivity index (χ0v) is 10.2. The van der Waals surface area contributed by atoms with Crippen molar-refractivity contribution in [3.05, 3.63) is 35.4 Å². The highest BCUT2D eigenvalue weighted by Crippen LogP contribution is 2.52. The van der Waals surface area contributed by atoms with Gasteiger partial charge < -0.3 is 10.6 Å². The molecule has 2 nitrogen and oxygen atoms in total. The number of hydrogen-bond donors (Lipinski definition) is 2. The summed E-state index contributed by atoms with van der Waals surface area (Å²) in [4.78, 5) is 0. The van der Waals surface area contributed by atoms with E-state index in [0.717, 1.165) is 17.8 Å². The maximum Gasteiger partial charge on any atom is 0.0450 e. The van der Waals surface area contributed by atoms with Gasteiger partial charge in [0.1, 0.15) is 0 Å². The van der Waals surface area contributed by atoms with E-state index < -0.39 is 0 Å². The summed E-state index contributed by atoms with van der Waals surface area (Å²) < 4.78 is 0. The minimum atomic E-state index is 0.645. The smallest absolute Gasteiger partial charge is 0.0450 e. The lowest BCUT2D eigenvalue weighted by molar-refractivity contribution is 0.560. The SMILES string of the molecule is c1ccc(C2CNCCC3CC32)c(C2CN2)c1. The van der Waals surface area contributed by atoms with E-state index in [0.29, 0.717) is 6.04 Å². The van der Waals surface area contributed by atoms with Crippen LogP contribution in [0.1, 0.15) is 35.9 Å². The molecule has 4 rings (SSSR count). The summed E-state index contributed by atoms with van der Waals surface area (Å²) in [5.41, 5.74) is 3.18. The predicted molar refractivity (Wildman–Crippen MR) is 69.0 cm³/mol. The summed E-state index contributed by atoms with van der Waals surface area (Å²) in [5, 5.41) is 7.08. The largest absolute Gasteiger partial charge is 0.316 e. The molecule has 2 N–H and O–H groups in total. The van der Waals surface area contributed by atoms with Crippen molar-refractivity contribution in [2.75, 3.05) is 19.6 Å². The first kappa shape index (κ1) is 10.1. The van der Waals surface area contributed by atoms with Gasteiger partial charge in [0.15, 0.2) is 0 Å². The lowest BCUT2D eigenvalue weighted by Gasteiger charge is -2.19. The molecule has 90 valence electrons. The van der Waals surface area contributed by atoms with E-state index in [9.17, 15) is 0 Å². The number of hydrogen-bond acceptors (Lipinski definition) is 2. The molecule has 2 saturated heterocycles. The highest BCUT2D eigenvalue weighted by atomic mass is 15.1. The first-order valence-electron chi connectivity index (χ1n) is 6.96. The Morgan fingerprint density at radius 2 is 1.88 bits per heavy atom. The molecule has 1 aliphatic carbocycles. The Balaban J connectivity index is 1.68. The van der Waals surface area contributed by atoms with E-state index in [2.05, 4.69) is 34.9 Å². The van der Waals surface area contributed by atoms with Gasteiger partial charge in [-0.2, -0.15) is 0 Å². The fraction of sp³-hybridized carbons (Fsp3) is 0.600. The van der Waals surface area contributed by atoms with Crippen LogP contribution in [0.15, 0.2) is 24.3 Å². The average molecular weight is 228 g/mol.